The summed E-state index contributed by atoms with van der Waals surface area (Å²) in [5.41, 5.74) is 2.78. The average molecular weight is 235 g/mol. The van der Waals surface area contributed by atoms with Gasteiger partial charge >= 0.3 is 8.80 Å². The van der Waals surface area contributed by atoms with Crippen LogP contribution >= 0.6 is 0 Å². The van der Waals surface area contributed by atoms with Crippen LogP contribution in [-0.4, -0.2) is 20.5 Å². The minimum absolute atomic E-state index is 0.245. The molecule has 0 spiro atoms. The Morgan fingerprint density at radius 2 is 1.75 bits per heavy atom. The first kappa shape index (κ1) is 13.5. The Labute approximate surface area is 101 Å². The van der Waals surface area contributed by atoms with Gasteiger partial charge in [-0.2, -0.15) is 0 Å². The van der Waals surface area contributed by atoms with Crippen LogP contribution in [0.2, 0.25) is 11.1 Å². The smallest absolute Gasteiger partial charge is 0.357 e. The van der Waals surface area contributed by atoms with Gasteiger partial charge in [0, 0.05) is 6.61 Å². The Kier molecular flexibility index (Phi) is 5.23. The van der Waals surface area contributed by atoms with Crippen molar-refractivity contribution >= 4 is 14.0 Å². The molecule has 0 aromatic heterocycles. The van der Waals surface area contributed by atoms with E-state index in [0.717, 1.165) is 17.5 Å². The van der Waals surface area contributed by atoms with E-state index in [4.69, 9.17) is 5.11 Å². The largest absolute Gasteiger partial charge is 0.396 e. The third kappa shape index (κ3) is 3.46. The normalized spacial score (nSPS) is 11.2. The van der Waals surface area contributed by atoms with Crippen LogP contribution in [0, 0.1) is 0 Å². The summed E-state index contributed by atoms with van der Waals surface area (Å²) >= 11 is 0. The zero-order valence-electron chi connectivity index (χ0n) is 10.8. The minimum Gasteiger partial charge on any atom is -0.396 e. The van der Waals surface area contributed by atoms with E-state index in [-0.39, 0.29) is 6.61 Å². The molecule has 2 heteroatoms. The molecular formula is C14H23OSi+. The van der Waals surface area contributed by atoms with Crippen molar-refractivity contribution < 1.29 is 5.11 Å². The molecule has 1 aromatic carbocycles. The summed E-state index contributed by atoms with van der Waals surface area (Å²) in [7, 11) is -0.478. The molecule has 0 heterocycles. The van der Waals surface area contributed by atoms with Gasteiger partial charge in [-0.25, -0.2) is 0 Å². The SMILES string of the molecule is CC(C)[Si+](c1cccc(CCO)c1)C(C)C. The Morgan fingerprint density at radius 1 is 1.12 bits per heavy atom. The molecular weight excluding hydrogens is 212 g/mol. The van der Waals surface area contributed by atoms with Gasteiger partial charge in [0.2, 0.25) is 0 Å². The van der Waals surface area contributed by atoms with Crippen LogP contribution < -0.4 is 5.19 Å². The number of hydrogen-bond donors (Lipinski definition) is 1. The van der Waals surface area contributed by atoms with Gasteiger partial charge in [0.25, 0.3) is 0 Å². The number of benzene rings is 1. The van der Waals surface area contributed by atoms with Crippen LogP contribution in [0.15, 0.2) is 24.3 Å². The van der Waals surface area contributed by atoms with Crippen LogP contribution in [0.5, 0.6) is 0 Å². The standard InChI is InChI=1S/C14H23OSi/c1-11(2)16(12(3)4)14-7-5-6-13(10-14)8-9-15/h5-7,10-12,15H,8-9H2,1-4H3/q+1. The Bertz CT molecular complexity index is 312. The van der Waals surface area contributed by atoms with Crippen molar-refractivity contribution in [3.63, 3.8) is 0 Å². The van der Waals surface area contributed by atoms with E-state index in [2.05, 4.69) is 52.0 Å². The number of aliphatic hydroxyl groups excluding tert-OH is 1. The molecule has 1 rings (SSSR count). The van der Waals surface area contributed by atoms with Crippen molar-refractivity contribution in [3.05, 3.63) is 29.8 Å². The summed E-state index contributed by atoms with van der Waals surface area (Å²) in [5, 5.41) is 10.5. The van der Waals surface area contributed by atoms with Crippen molar-refractivity contribution in [2.24, 2.45) is 0 Å². The fraction of sp³-hybridized carbons (Fsp3) is 0.571. The molecule has 0 unspecified atom stereocenters. The average Bonchev–Trinajstić information content (AvgIpc) is 2.17. The monoisotopic (exact) mass is 235 g/mol. The molecule has 16 heavy (non-hydrogen) atoms. The lowest BCUT2D eigenvalue weighted by atomic mass is 10.2. The highest BCUT2D eigenvalue weighted by atomic mass is 28.3. The lowest BCUT2D eigenvalue weighted by Crippen LogP contribution is -2.36. The molecule has 1 nitrogen and oxygen atoms in total. The Hall–Kier alpha value is -0.603. The van der Waals surface area contributed by atoms with Crippen LogP contribution in [0.25, 0.3) is 0 Å². The number of hydrogen-bond acceptors (Lipinski definition) is 1. The second kappa shape index (κ2) is 6.21. The van der Waals surface area contributed by atoms with Crippen LogP contribution in [0.1, 0.15) is 33.3 Å². The van der Waals surface area contributed by atoms with E-state index in [9.17, 15) is 0 Å². The van der Waals surface area contributed by atoms with Gasteiger partial charge in [-0.1, -0.05) is 12.1 Å². The van der Waals surface area contributed by atoms with Gasteiger partial charge in [-0.3, -0.25) is 0 Å². The molecule has 0 bridgehead atoms. The van der Waals surface area contributed by atoms with Crippen molar-refractivity contribution in [1.29, 1.82) is 0 Å². The van der Waals surface area contributed by atoms with Gasteiger partial charge in [0.1, 0.15) is 0 Å². The lowest BCUT2D eigenvalue weighted by Gasteiger charge is -2.10. The van der Waals surface area contributed by atoms with Crippen LogP contribution in [-0.2, 0) is 6.42 Å². The third-order valence-electron chi connectivity index (χ3n) is 2.90. The first-order chi connectivity index (χ1) is 7.56. The van der Waals surface area contributed by atoms with Crippen LogP contribution in [0.4, 0.5) is 0 Å². The quantitative estimate of drug-likeness (QED) is 0.778. The molecule has 0 aliphatic rings. The zero-order valence-corrected chi connectivity index (χ0v) is 11.8. The first-order valence-electron chi connectivity index (χ1n) is 6.13. The van der Waals surface area contributed by atoms with Crippen LogP contribution in [0.3, 0.4) is 0 Å². The molecule has 0 amide bonds. The summed E-state index contributed by atoms with van der Waals surface area (Å²) in [6.45, 7) is 9.55. The zero-order chi connectivity index (χ0) is 12.1. The summed E-state index contributed by atoms with van der Waals surface area (Å²) in [6.07, 6.45) is 0.777. The Morgan fingerprint density at radius 3 is 2.25 bits per heavy atom. The predicted octanol–water partition coefficient (Wildman–Crippen LogP) is 2.74. The third-order valence-corrected chi connectivity index (χ3v) is 6.37. The van der Waals surface area contributed by atoms with E-state index in [1.54, 1.807) is 0 Å². The molecule has 0 aliphatic heterocycles. The van der Waals surface area contributed by atoms with Gasteiger partial charge in [0.15, 0.2) is 0 Å². The molecule has 0 fully saturated rings. The maximum Gasteiger partial charge on any atom is 0.357 e. The highest BCUT2D eigenvalue weighted by Gasteiger charge is 2.37. The van der Waals surface area contributed by atoms with Gasteiger partial charge in [-0.05, 0) is 51.8 Å². The predicted molar refractivity (Wildman–Crippen MR) is 72.8 cm³/mol. The molecule has 0 atom stereocenters. The highest BCUT2D eigenvalue weighted by Crippen LogP contribution is 2.20. The minimum atomic E-state index is -0.478. The van der Waals surface area contributed by atoms with Gasteiger partial charge in [-0.15, -0.1) is 0 Å². The molecule has 1 N–H and O–H groups in total. The summed E-state index contributed by atoms with van der Waals surface area (Å²) in [5.74, 6) is 0. The van der Waals surface area contributed by atoms with Crippen molar-refractivity contribution in [2.75, 3.05) is 6.61 Å². The lowest BCUT2D eigenvalue weighted by molar-refractivity contribution is 0.299. The number of aliphatic hydroxyl groups is 1. The van der Waals surface area contributed by atoms with Crippen molar-refractivity contribution in [2.45, 2.75) is 45.2 Å². The Balaban J connectivity index is 2.95. The first-order valence-corrected chi connectivity index (χ1v) is 7.78. The summed E-state index contributed by atoms with van der Waals surface area (Å²) in [6, 6.07) is 8.80. The van der Waals surface area contributed by atoms with Gasteiger partial charge in [0.05, 0.1) is 16.3 Å². The van der Waals surface area contributed by atoms with E-state index < -0.39 is 8.80 Å². The topological polar surface area (TPSA) is 20.2 Å². The van der Waals surface area contributed by atoms with E-state index >= 15 is 0 Å². The van der Waals surface area contributed by atoms with Crippen molar-refractivity contribution in [3.8, 4) is 0 Å². The summed E-state index contributed by atoms with van der Waals surface area (Å²) < 4.78 is 0. The maximum absolute atomic E-state index is 8.98. The maximum atomic E-state index is 8.98. The molecule has 0 saturated carbocycles. The molecule has 0 saturated heterocycles. The van der Waals surface area contributed by atoms with E-state index in [1.807, 2.05) is 0 Å². The fourth-order valence-electron chi connectivity index (χ4n) is 2.37. The second-order valence-electron chi connectivity index (χ2n) is 4.94. The van der Waals surface area contributed by atoms with E-state index in [0.29, 0.717) is 0 Å². The van der Waals surface area contributed by atoms with E-state index in [1.165, 1.54) is 10.8 Å². The van der Waals surface area contributed by atoms with Gasteiger partial charge < -0.3 is 5.11 Å². The second-order valence-corrected chi connectivity index (χ2v) is 8.74. The fourth-order valence-corrected chi connectivity index (χ4v) is 5.68. The summed E-state index contributed by atoms with van der Waals surface area (Å²) in [4.78, 5) is 0. The molecule has 88 valence electrons. The highest BCUT2D eigenvalue weighted by molar-refractivity contribution is 6.75. The van der Waals surface area contributed by atoms with Crippen molar-refractivity contribution in [1.82, 2.24) is 0 Å². The molecule has 0 aliphatic carbocycles. The molecule has 0 radical (unpaired) electrons. The molecule has 1 aromatic rings. The number of rotatable bonds is 5.